The van der Waals surface area contributed by atoms with Gasteiger partial charge < -0.3 is 5.32 Å². The van der Waals surface area contributed by atoms with Gasteiger partial charge in [0.05, 0.1) is 0 Å². The third kappa shape index (κ3) is 3.55. The molecule has 72 valence electrons. The van der Waals surface area contributed by atoms with Gasteiger partial charge in [-0.25, -0.2) is 9.89 Å². The van der Waals surface area contributed by atoms with Crippen molar-refractivity contribution < 1.29 is 4.79 Å². The average molecular weight is 183 g/mol. The summed E-state index contributed by atoms with van der Waals surface area (Å²) in [5, 5.41) is 11.3. The third-order valence-corrected chi connectivity index (χ3v) is 1.32. The number of rotatable bonds is 3. The number of aromatic nitrogens is 3. The number of H-pyrrole nitrogens is 1. The fourth-order valence-corrected chi connectivity index (χ4v) is 0.714. The van der Waals surface area contributed by atoms with Crippen LogP contribution in [0.5, 0.6) is 0 Å². The van der Waals surface area contributed by atoms with E-state index in [9.17, 15) is 4.79 Å². The molecular weight excluding hydrogens is 170 g/mol. The van der Waals surface area contributed by atoms with Gasteiger partial charge in [-0.1, -0.05) is 13.8 Å². The van der Waals surface area contributed by atoms with Gasteiger partial charge in [-0.05, 0) is 5.92 Å². The molecule has 0 spiro atoms. The zero-order valence-electron chi connectivity index (χ0n) is 7.66. The summed E-state index contributed by atoms with van der Waals surface area (Å²) in [6, 6.07) is -0.273. The highest BCUT2D eigenvalue weighted by atomic mass is 16.2. The number of hydrogen-bond acceptors (Lipinski definition) is 3. The summed E-state index contributed by atoms with van der Waals surface area (Å²) in [6.07, 6.45) is 1.33. The smallest absolute Gasteiger partial charge is 0.321 e. The number of urea groups is 1. The molecule has 0 aliphatic carbocycles. The van der Waals surface area contributed by atoms with Gasteiger partial charge in [0.25, 0.3) is 0 Å². The van der Waals surface area contributed by atoms with Gasteiger partial charge >= 0.3 is 6.03 Å². The van der Waals surface area contributed by atoms with Crippen LogP contribution in [0.1, 0.15) is 13.8 Å². The third-order valence-electron chi connectivity index (χ3n) is 1.32. The molecule has 6 nitrogen and oxygen atoms in total. The molecule has 1 aromatic rings. The lowest BCUT2D eigenvalue weighted by atomic mass is 10.2. The van der Waals surface area contributed by atoms with Crippen molar-refractivity contribution in [1.29, 1.82) is 0 Å². The molecule has 1 heterocycles. The highest BCUT2D eigenvalue weighted by Gasteiger charge is 2.02. The summed E-state index contributed by atoms with van der Waals surface area (Å²) in [5.41, 5.74) is 0. The van der Waals surface area contributed by atoms with Crippen LogP contribution in [0.15, 0.2) is 6.33 Å². The highest BCUT2D eigenvalue weighted by Crippen LogP contribution is 1.92. The monoisotopic (exact) mass is 183 g/mol. The molecule has 0 aromatic carbocycles. The van der Waals surface area contributed by atoms with E-state index in [0.717, 1.165) is 0 Å². The summed E-state index contributed by atoms with van der Waals surface area (Å²) in [5.74, 6) is 0.779. The molecule has 6 heteroatoms. The lowest BCUT2D eigenvalue weighted by Crippen LogP contribution is -2.32. The summed E-state index contributed by atoms with van der Waals surface area (Å²) in [6.45, 7) is 4.68. The Morgan fingerprint density at radius 3 is 3.00 bits per heavy atom. The van der Waals surface area contributed by atoms with E-state index in [2.05, 4.69) is 25.8 Å². The molecule has 0 saturated heterocycles. The maximum Gasteiger partial charge on any atom is 0.321 e. The first-order valence-corrected chi connectivity index (χ1v) is 4.08. The molecule has 0 aliphatic heterocycles. The first kappa shape index (κ1) is 9.50. The Labute approximate surface area is 76.1 Å². The van der Waals surface area contributed by atoms with E-state index in [1.54, 1.807) is 0 Å². The molecule has 1 rings (SSSR count). The van der Waals surface area contributed by atoms with E-state index < -0.39 is 0 Å². The van der Waals surface area contributed by atoms with Gasteiger partial charge in [-0.15, -0.1) is 0 Å². The van der Waals surface area contributed by atoms with E-state index in [-0.39, 0.29) is 6.03 Å². The Morgan fingerprint density at radius 1 is 1.69 bits per heavy atom. The Morgan fingerprint density at radius 2 is 2.46 bits per heavy atom. The summed E-state index contributed by atoms with van der Waals surface area (Å²) < 4.78 is 0. The second-order valence-electron chi connectivity index (χ2n) is 3.06. The number of anilines is 1. The summed E-state index contributed by atoms with van der Waals surface area (Å²) in [7, 11) is 0. The molecule has 0 fully saturated rings. The van der Waals surface area contributed by atoms with Crippen molar-refractivity contribution in [2.24, 2.45) is 5.92 Å². The van der Waals surface area contributed by atoms with Crippen molar-refractivity contribution in [3.05, 3.63) is 6.33 Å². The summed E-state index contributed by atoms with van der Waals surface area (Å²) >= 11 is 0. The molecule has 1 aromatic heterocycles. The van der Waals surface area contributed by atoms with Crippen LogP contribution in [0.25, 0.3) is 0 Å². The molecule has 0 radical (unpaired) electrons. The van der Waals surface area contributed by atoms with Crippen LogP contribution in [-0.4, -0.2) is 27.8 Å². The minimum Gasteiger partial charge on any atom is -0.338 e. The van der Waals surface area contributed by atoms with E-state index in [1.165, 1.54) is 6.33 Å². The van der Waals surface area contributed by atoms with Crippen molar-refractivity contribution in [3.63, 3.8) is 0 Å². The van der Waals surface area contributed by atoms with Crippen LogP contribution in [0.2, 0.25) is 0 Å². The molecule has 0 aliphatic rings. The van der Waals surface area contributed by atoms with Crippen LogP contribution in [0.4, 0.5) is 10.7 Å². The van der Waals surface area contributed by atoms with E-state index in [0.29, 0.717) is 18.4 Å². The Kier molecular flexibility index (Phi) is 3.24. The van der Waals surface area contributed by atoms with Crippen LogP contribution >= 0.6 is 0 Å². The van der Waals surface area contributed by atoms with Gasteiger partial charge in [-0.3, -0.25) is 5.32 Å². The van der Waals surface area contributed by atoms with Crippen molar-refractivity contribution in [2.45, 2.75) is 13.8 Å². The molecule has 0 saturated carbocycles. The van der Waals surface area contributed by atoms with Gasteiger partial charge in [0.1, 0.15) is 6.33 Å². The normalized spacial score (nSPS) is 10.1. The minimum absolute atomic E-state index is 0.273. The number of amides is 2. The lowest BCUT2D eigenvalue weighted by molar-refractivity contribution is 0.250. The second-order valence-corrected chi connectivity index (χ2v) is 3.06. The highest BCUT2D eigenvalue weighted by molar-refractivity contribution is 5.87. The van der Waals surface area contributed by atoms with E-state index >= 15 is 0 Å². The van der Waals surface area contributed by atoms with E-state index in [1.807, 2.05) is 13.8 Å². The quantitative estimate of drug-likeness (QED) is 0.641. The number of carbonyl (C=O) groups excluding carboxylic acids is 1. The SMILES string of the molecule is CC(C)CNC(=O)Nc1ncn[nH]1. The fourth-order valence-electron chi connectivity index (χ4n) is 0.714. The molecular formula is C7H13N5O. The van der Waals surface area contributed by atoms with Gasteiger partial charge in [0, 0.05) is 6.54 Å². The second kappa shape index (κ2) is 4.44. The number of nitrogens with zero attached hydrogens (tertiary/aromatic N) is 2. The van der Waals surface area contributed by atoms with Gasteiger partial charge in [0.2, 0.25) is 5.95 Å². The predicted molar refractivity (Wildman–Crippen MR) is 48.2 cm³/mol. The van der Waals surface area contributed by atoms with Gasteiger partial charge in [0.15, 0.2) is 0 Å². The Bertz CT molecular complexity index is 256. The topological polar surface area (TPSA) is 82.7 Å². The standard InChI is InChI=1S/C7H13N5O/c1-5(2)3-8-7(13)11-6-9-4-10-12-6/h4-5H,3H2,1-2H3,(H3,8,9,10,11,12,13). The van der Waals surface area contributed by atoms with Crippen molar-refractivity contribution in [3.8, 4) is 0 Å². The van der Waals surface area contributed by atoms with Crippen molar-refractivity contribution in [1.82, 2.24) is 20.5 Å². The number of hydrogen-bond donors (Lipinski definition) is 3. The number of carbonyl (C=O) groups is 1. The summed E-state index contributed by atoms with van der Waals surface area (Å²) in [4.78, 5) is 14.8. The molecule has 13 heavy (non-hydrogen) atoms. The maximum atomic E-state index is 11.1. The van der Waals surface area contributed by atoms with Crippen LogP contribution in [0, 0.1) is 5.92 Å². The lowest BCUT2D eigenvalue weighted by Gasteiger charge is -2.06. The first-order chi connectivity index (χ1) is 6.18. The fraction of sp³-hybridized carbons (Fsp3) is 0.571. The number of aromatic amines is 1. The van der Waals surface area contributed by atoms with Crippen molar-refractivity contribution >= 4 is 12.0 Å². The average Bonchev–Trinajstić information content (AvgIpc) is 2.53. The largest absolute Gasteiger partial charge is 0.338 e. The first-order valence-electron chi connectivity index (χ1n) is 4.08. The zero-order valence-corrected chi connectivity index (χ0v) is 7.66. The number of nitrogens with one attached hydrogen (secondary N) is 3. The van der Waals surface area contributed by atoms with E-state index in [4.69, 9.17) is 0 Å². The molecule has 0 bridgehead atoms. The molecule has 2 amide bonds. The van der Waals surface area contributed by atoms with Crippen LogP contribution in [0.3, 0.4) is 0 Å². The predicted octanol–water partition coefficient (Wildman–Crippen LogP) is 0.582. The molecule has 0 atom stereocenters. The Balaban J connectivity index is 2.26. The molecule has 3 N–H and O–H groups in total. The minimum atomic E-state index is -0.273. The van der Waals surface area contributed by atoms with Crippen LogP contribution < -0.4 is 10.6 Å². The zero-order chi connectivity index (χ0) is 9.68. The van der Waals surface area contributed by atoms with Gasteiger partial charge in [-0.2, -0.15) is 10.1 Å². The Hall–Kier alpha value is -1.59. The van der Waals surface area contributed by atoms with Crippen LogP contribution in [-0.2, 0) is 0 Å². The maximum absolute atomic E-state index is 11.1. The molecule has 0 unspecified atom stereocenters. The van der Waals surface area contributed by atoms with Crippen molar-refractivity contribution in [2.75, 3.05) is 11.9 Å².